The van der Waals surface area contributed by atoms with Crippen LogP contribution in [0.15, 0.2) is 24.3 Å². The Morgan fingerprint density at radius 1 is 0.966 bits per heavy atom. The van der Waals surface area contributed by atoms with E-state index in [1.165, 1.54) is 64.0 Å². The van der Waals surface area contributed by atoms with Gasteiger partial charge in [0.2, 0.25) is 0 Å². The van der Waals surface area contributed by atoms with Crippen LogP contribution in [-0.2, 0) is 11.3 Å². The highest BCUT2D eigenvalue weighted by Crippen LogP contribution is 2.52. The Morgan fingerprint density at radius 3 is 2.38 bits per heavy atom. The number of hydrogen-bond donors (Lipinski definition) is 0. The monoisotopic (exact) mass is 400 g/mol. The van der Waals surface area contributed by atoms with E-state index in [1.54, 1.807) is 0 Å². The third kappa shape index (κ3) is 6.19. The first kappa shape index (κ1) is 21.1. The minimum absolute atomic E-state index is 0.567. The minimum atomic E-state index is 0.567. The van der Waals surface area contributed by atoms with Crippen LogP contribution in [0.4, 0.5) is 0 Å². The fraction of sp³-hybridized carbons (Fsp3) is 0.760. The third-order valence-corrected chi connectivity index (χ3v) is 6.88. The van der Waals surface area contributed by atoms with Crippen LogP contribution >= 0.6 is 0 Å². The third-order valence-electron chi connectivity index (χ3n) is 6.88. The number of nitrogens with zero attached hydrogens (tertiary/aromatic N) is 2. The molecule has 1 aromatic carbocycles. The number of rotatable bonds is 11. The number of likely N-dealkylation sites (tertiary alicyclic amines) is 2. The van der Waals surface area contributed by atoms with Crippen molar-refractivity contribution in [1.29, 1.82) is 0 Å². The lowest BCUT2D eigenvalue weighted by Gasteiger charge is -2.26. The Labute approximate surface area is 177 Å². The van der Waals surface area contributed by atoms with Gasteiger partial charge in [0.1, 0.15) is 5.75 Å². The summed E-state index contributed by atoms with van der Waals surface area (Å²) in [5, 5.41) is 0. The van der Waals surface area contributed by atoms with Gasteiger partial charge in [-0.15, -0.1) is 0 Å². The number of benzene rings is 1. The normalized spacial score (nSPS) is 27.3. The number of ether oxygens (including phenoxy) is 2. The van der Waals surface area contributed by atoms with Gasteiger partial charge < -0.3 is 14.4 Å². The van der Waals surface area contributed by atoms with Crippen molar-refractivity contribution < 1.29 is 9.47 Å². The quantitative estimate of drug-likeness (QED) is 0.517. The van der Waals surface area contributed by atoms with Crippen molar-refractivity contribution in [3.63, 3.8) is 0 Å². The van der Waals surface area contributed by atoms with E-state index in [-0.39, 0.29) is 0 Å². The van der Waals surface area contributed by atoms with E-state index in [2.05, 4.69) is 47.9 Å². The van der Waals surface area contributed by atoms with Gasteiger partial charge in [-0.05, 0) is 73.7 Å². The van der Waals surface area contributed by atoms with Crippen LogP contribution in [0.1, 0.15) is 45.1 Å². The summed E-state index contributed by atoms with van der Waals surface area (Å²) in [6, 6.07) is 8.69. The van der Waals surface area contributed by atoms with E-state index in [1.807, 2.05) is 0 Å². The molecule has 0 aromatic heterocycles. The predicted octanol–water partition coefficient (Wildman–Crippen LogP) is 4.29. The van der Waals surface area contributed by atoms with Crippen molar-refractivity contribution >= 4 is 0 Å². The molecular weight excluding hydrogens is 360 g/mol. The molecule has 4 nitrogen and oxygen atoms in total. The smallest absolute Gasteiger partial charge is 0.119 e. The lowest BCUT2D eigenvalue weighted by atomic mass is 10.1. The second kappa shape index (κ2) is 10.3. The molecule has 1 aromatic rings. The molecule has 1 aliphatic carbocycles. The summed E-state index contributed by atoms with van der Waals surface area (Å²) in [7, 11) is 0. The average Bonchev–Trinajstić information content (AvgIpc) is 3.18. The zero-order chi connectivity index (χ0) is 20.1. The Morgan fingerprint density at radius 2 is 1.69 bits per heavy atom. The van der Waals surface area contributed by atoms with Crippen LogP contribution in [0.25, 0.3) is 0 Å². The summed E-state index contributed by atoms with van der Waals surface area (Å²) < 4.78 is 11.8. The van der Waals surface area contributed by atoms with Gasteiger partial charge >= 0.3 is 0 Å². The molecule has 4 rings (SSSR count). The van der Waals surface area contributed by atoms with Crippen molar-refractivity contribution in [2.45, 2.75) is 46.1 Å². The fourth-order valence-electron chi connectivity index (χ4n) is 5.12. The Hall–Kier alpha value is -1.10. The van der Waals surface area contributed by atoms with Crippen molar-refractivity contribution in [1.82, 2.24) is 9.80 Å². The van der Waals surface area contributed by atoms with Gasteiger partial charge in [0, 0.05) is 32.8 Å². The molecule has 0 N–H and O–H groups in total. The molecule has 3 atom stereocenters. The summed E-state index contributed by atoms with van der Waals surface area (Å²) in [6.07, 6.45) is 5.40. The van der Waals surface area contributed by atoms with Crippen LogP contribution < -0.4 is 4.74 Å². The first-order chi connectivity index (χ1) is 14.2. The molecule has 1 saturated carbocycles. The summed E-state index contributed by atoms with van der Waals surface area (Å²) >= 11 is 0. The first-order valence-electron chi connectivity index (χ1n) is 11.9. The zero-order valence-corrected chi connectivity index (χ0v) is 18.5. The highest BCUT2D eigenvalue weighted by atomic mass is 16.5. The molecule has 2 heterocycles. The largest absolute Gasteiger partial charge is 0.493 e. The van der Waals surface area contributed by atoms with E-state index >= 15 is 0 Å². The maximum Gasteiger partial charge on any atom is 0.119 e. The molecule has 0 amide bonds. The molecule has 3 fully saturated rings. The highest BCUT2D eigenvalue weighted by Gasteiger charge is 2.55. The number of piperidine rings is 2. The van der Waals surface area contributed by atoms with Crippen molar-refractivity contribution in [3.8, 4) is 5.75 Å². The summed E-state index contributed by atoms with van der Waals surface area (Å²) in [5.41, 5.74) is 1.40. The number of fused-ring (bicyclic) bond motifs is 1. The van der Waals surface area contributed by atoms with Crippen molar-refractivity contribution in [3.05, 3.63) is 29.8 Å². The van der Waals surface area contributed by atoms with Crippen molar-refractivity contribution in [2.24, 2.45) is 23.7 Å². The first-order valence-corrected chi connectivity index (χ1v) is 11.9. The second-order valence-electron chi connectivity index (χ2n) is 9.87. The Bertz CT molecular complexity index is 600. The van der Waals surface area contributed by atoms with E-state index in [0.29, 0.717) is 5.92 Å². The highest BCUT2D eigenvalue weighted by molar-refractivity contribution is 5.27. The van der Waals surface area contributed by atoms with Crippen LogP contribution in [0, 0.1) is 23.7 Å². The van der Waals surface area contributed by atoms with E-state index in [0.717, 1.165) is 49.9 Å². The average molecular weight is 401 g/mol. The summed E-state index contributed by atoms with van der Waals surface area (Å²) in [4.78, 5) is 5.23. The molecule has 0 bridgehead atoms. The van der Waals surface area contributed by atoms with Gasteiger partial charge in [0.15, 0.2) is 0 Å². The lowest BCUT2D eigenvalue weighted by molar-refractivity contribution is 0.0967. The maximum atomic E-state index is 6.03. The Kier molecular flexibility index (Phi) is 7.49. The minimum Gasteiger partial charge on any atom is -0.493 e. The van der Waals surface area contributed by atoms with Gasteiger partial charge in [0.05, 0.1) is 13.2 Å². The zero-order valence-electron chi connectivity index (χ0n) is 18.5. The molecule has 29 heavy (non-hydrogen) atoms. The van der Waals surface area contributed by atoms with E-state index in [9.17, 15) is 0 Å². The molecule has 2 saturated heterocycles. The maximum absolute atomic E-state index is 6.03. The van der Waals surface area contributed by atoms with Crippen LogP contribution in [0.3, 0.4) is 0 Å². The molecule has 2 aliphatic heterocycles. The second-order valence-corrected chi connectivity index (χ2v) is 9.87. The fourth-order valence-corrected chi connectivity index (χ4v) is 5.12. The molecule has 4 heteroatoms. The van der Waals surface area contributed by atoms with Gasteiger partial charge in [-0.3, -0.25) is 4.90 Å². The molecule has 1 unspecified atom stereocenters. The van der Waals surface area contributed by atoms with Crippen LogP contribution in [-0.4, -0.2) is 62.3 Å². The Balaban J connectivity index is 1.07. The van der Waals surface area contributed by atoms with E-state index < -0.39 is 0 Å². The predicted molar refractivity (Wildman–Crippen MR) is 118 cm³/mol. The van der Waals surface area contributed by atoms with Gasteiger partial charge in [0.25, 0.3) is 0 Å². The van der Waals surface area contributed by atoms with Gasteiger partial charge in [-0.2, -0.15) is 0 Å². The molecule has 3 aliphatic rings. The number of hydrogen-bond acceptors (Lipinski definition) is 4. The van der Waals surface area contributed by atoms with Crippen LogP contribution in [0.2, 0.25) is 0 Å². The summed E-state index contributed by atoms with van der Waals surface area (Å²) in [6.45, 7) is 14.5. The topological polar surface area (TPSA) is 24.9 Å². The molecule has 0 spiro atoms. The van der Waals surface area contributed by atoms with Crippen LogP contribution in [0.5, 0.6) is 5.75 Å². The molecule has 0 radical (unpaired) electrons. The standard InChI is InChI=1S/C25H40N2O2/c1-20(2)18-29-22-9-7-21(8-10-22)15-27-16-23-24(17-27)25(23)19-28-14-6-13-26-11-4-3-5-12-26/h7-10,20,23-25H,3-6,11-19H2,1-2H3/t23-,24+,25?. The molecule has 162 valence electrons. The van der Waals surface area contributed by atoms with Crippen molar-refractivity contribution in [2.75, 3.05) is 52.5 Å². The lowest BCUT2D eigenvalue weighted by Crippen LogP contribution is -2.31. The van der Waals surface area contributed by atoms with Gasteiger partial charge in [-0.1, -0.05) is 32.4 Å². The summed E-state index contributed by atoms with van der Waals surface area (Å²) in [5.74, 6) is 4.14. The molecular formula is C25H40N2O2. The SMILES string of the molecule is CC(C)COc1ccc(CN2C[C@@H]3C(COCCCN4CCCCC4)[C@@H]3C2)cc1. The van der Waals surface area contributed by atoms with E-state index in [4.69, 9.17) is 9.47 Å². The van der Waals surface area contributed by atoms with Gasteiger partial charge in [-0.25, -0.2) is 0 Å².